The molecule has 28 heavy (non-hydrogen) atoms. The van der Waals surface area contributed by atoms with Crippen molar-refractivity contribution in [3.05, 3.63) is 57.9 Å². The zero-order valence-corrected chi connectivity index (χ0v) is 16.5. The van der Waals surface area contributed by atoms with Crippen LogP contribution in [0.25, 0.3) is 0 Å². The van der Waals surface area contributed by atoms with E-state index in [2.05, 4.69) is 10.2 Å². The number of hydrogen-bond acceptors (Lipinski definition) is 7. The largest absolute Gasteiger partial charge is 0.394 e. The van der Waals surface area contributed by atoms with Gasteiger partial charge in [-0.25, -0.2) is 0 Å². The van der Waals surface area contributed by atoms with E-state index in [4.69, 9.17) is 16.3 Å². The van der Waals surface area contributed by atoms with Gasteiger partial charge >= 0.3 is 0 Å². The van der Waals surface area contributed by atoms with Crippen LogP contribution in [0.3, 0.4) is 0 Å². The van der Waals surface area contributed by atoms with Gasteiger partial charge in [0.25, 0.3) is 0 Å². The minimum Gasteiger partial charge on any atom is -0.394 e. The normalized spacial score (nSPS) is 27.9. The Bertz CT molecular complexity index is 800. The van der Waals surface area contributed by atoms with Crippen molar-refractivity contribution >= 4 is 11.6 Å². The average molecular weight is 409 g/mol. The molecule has 1 aliphatic heterocycles. The summed E-state index contributed by atoms with van der Waals surface area (Å²) in [7, 11) is 0. The lowest BCUT2D eigenvalue weighted by molar-refractivity contribution is -0.231. The molecule has 1 aliphatic rings. The number of halogens is 1. The second kappa shape index (κ2) is 8.82. The quantitative estimate of drug-likeness (QED) is 0.590. The number of aromatic nitrogens is 2. The van der Waals surface area contributed by atoms with Crippen LogP contribution in [0.15, 0.2) is 30.3 Å². The summed E-state index contributed by atoms with van der Waals surface area (Å²) in [4.78, 5) is 0. The van der Waals surface area contributed by atoms with Crippen molar-refractivity contribution in [2.24, 2.45) is 0 Å². The molecule has 1 fully saturated rings. The third kappa shape index (κ3) is 4.35. The lowest BCUT2D eigenvalue weighted by atomic mass is 9.90. The molecule has 1 aromatic heterocycles. The molecule has 1 aromatic carbocycles. The number of benzene rings is 1. The number of aliphatic hydroxyl groups excluding tert-OH is 4. The number of hydrogen-bond donors (Lipinski definition) is 4. The highest BCUT2D eigenvalue weighted by Crippen LogP contribution is 2.34. The zero-order valence-electron chi connectivity index (χ0n) is 15.7. The van der Waals surface area contributed by atoms with E-state index in [-0.39, 0.29) is 0 Å². The molecule has 0 saturated carbocycles. The van der Waals surface area contributed by atoms with Crippen molar-refractivity contribution in [3.8, 4) is 0 Å². The topological polar surface area (TPSA) is 116 Å². The lowest BCUT2D eigenvalue weighted by Gasteiger charge is -2.40. The Hall–Kier alpha value is -1.61. The van der Waals surface area contributed by atoms with Crippen molar-refractivity contribution in [2.75, 3.05) is 6.61 Å². The van der Waals surface area contributed by atoms with Gasteiger partial charge in [0.2, 0.25) is 0 Å². The third-order valence-electron chi connectivity index (χ3n) is 4.99. The first-order valence-corrected chi connectivity index (χ1v) is 9.61. The van der Waals surface area contributed by atoms with Gasteiger partial charge in [0.15, 0.2) is 0 Å². The first-order chi connectivity index (χ1) is 13.3. The highest BCUT2D eigenvalue weighted by Gasteiger charge is 2.44. The van der Waals surface area contributed by atoms with E-state index in [1.165, 1.54) is 0 Å². The van der Waals surface area contributed by atoms with Crippen LogP contribution < -0.4 is 0 Å². The van der Waals surface area contributed by atoms with Crippen LogP contribution in [0, 0.1) is 0 Å². The molecule has 0 unspecified atom stereocenters. The van der Waals surface area contributed by atoms with E-state index in [9.17, 15) is 20.4 Å². The third-order valence-corrected chi connectivity index (χ3v) is 5.36. The molecule has 0 amide bonds. The summed E-state index contributed by atoms with van der Waals surface area (Å²) in [5.41, 5.74) is 3.01. The Balaban J connectivity index is 1.84. The molecule has 3 rings (SSSR count). The molecule has 1 saturated heterocycles. The Morgan fingerprint density at radius 2 is 1.79 bits per heavy atom. The highest BCUT2D eigenvalue weighted by atomic mass is 35.5. The van der Waals surface area contributed by atoms with E-state index in [0.29, 0.717) is 22.9 Å². The van der Waals surface area contributed by atoms with Crippen LogP contribution in [0.4, 0.5) is 0 Å². The van der Waals surface area contributed by atoms with Crippen LogP contribution in [0.2, 0.25) is 5.02 Å². The number of ether oxygens (including phenoxy) is 1. The molecule has 5 atom stereocenters. The summed E-state index contributed by atoms with van der Waals surface area (Å²) >= 11 is 6.33. The summed E-state index contributed by atoms with van der Waals surface area (Å²) in [5, 5.41) is 48.7. The number of aliphatic hydroxyl groups is 4. The smallest absolute Gasteiger partial charge is 0.113 e. The number of nitrogens with zero attached hydrogens (tertiary/aromatic N) is 2. The summed E-state index contributed by atoms with van der Waals surface area (Å²) in [6.07, 6.45) is -5.58. The van der Waals surface area contributed by atoms with Crippen LogP contribution in [0.1, 0.15) is 48.4 Å². The van der Waals surface area contributed by atoms with Crippen molar-refractivity contribution in [2.45, 2.75) is 56.7 Å². The van der Waals surface area contributed by atoms with Gasteiger partial charge in [-0.1, -0.05) is 37.6 Å². The molecule has 0 spiro atoms. The second-order valence-electron chi connectivity index (χ2n) is 7.38. The molecule has 7 nitrogen and oxygen atoms in total. The van der Waals surface area contributed by atoms with Gasteiger partial charge in [0, 0.05) is 11.4 Å². The van der Waals surface area contributed by atoms with Crippen molar-refractivity contribution in [1.82, 2.24) is 10.2 Å². The first kappa shape index (κ1) is 21.1. The number of rotatable bonds is 5. The Morgan fingerprint density at radius 1 is 1.04 bits per heavy atom. The van der Waals surface area contributed by atoms with Crippen molar-refractivity contribution < 1.29 is 25.2 Å². The molecule has 2 heterocycles. The van der Waals surface area contributed by atoms with Crippen LogP contribution in [-0.2, 0) is 11.2 Å². The predicted molar refractivity (Wildman–Crippen MR) is 103 cm³/mol. The van der Waals surface area contributed by atoms with E-state index in [0.717, 1.165) is 17.0 Å². The first-order valence-electron chi connectivity index (χ1n) is 9.23. The molecule has 4 N–H and O–H groups in total. The van der Waals surface area contributed by atoms with Gasteiger partial charge in [0.1, 0.15) is 30.5 Å². The molecule has 0 radical (unpaired) electrons. The monoisotopic (exact) mass is 408 g/mol. The maximum absolute atomic E-state index is 10.3. The van der Waals surface area contributed by atoms with Crippen LogP contribution >= 0.6 is 11.6 Å². The van der Waals surface area contributed by atoms with Gasteiger partial charge in [-0.15, -0.1) is 0 Å². The van der Waals surface area contributed by atoms with Crippen LogP contribution in [-0.4, -0.2) is 61.6 Å². The Kier molecular flexibility index (Phi) is 6.65. The fourth-order valence-corrected chi connectivity index (χ4v) is 3.44. The molecule has 0 aliphatic carbocycles. The summed E-state index contributed by atoms with van der Waals surface area (Å²) in [6.45, 7) is 3.62. The fourth-order valence-electron chi connectivity index (χ4n) is 3.25. The van der Waals surface area contributed by atoms with E-state index >= 15 is 0 Å². The minimum atomic E-state index is -1.43. The van der Waals surface area contributed by atoms with Gasteiger partial charge in [0.05, 0.1) is 18.0 Å². The van der Waals surface area contributed by atoms with Crippen molar-refractivity contribution in [1.29, 1.82) is 0 Å². The average Bonchev–Trinajstić information content (AvgIpc) is 2.69. The molecule has 152 valence electrons. The van der Waals surface area contributed by atoms with E-state index in [1.54, 1.807) is 18.2 Å². The molecular formula is C20H25ClN2O5. The molecular weight excluding hydrogens is 384 g/mol. The minimum absolute atomic E-state index is 0.291. The SMILES string of the molecule is CC(C)c1ccc(Cc2cc([C@@H]3O[C@H](CO)[C@@H](O)[C@H](O)[C@H]3O)ccc2Cl)nn1. The van der Waals surface area contributed by atoms with Gasteiger partial charge in [-0.3, -0.25) is 0 Å². The maximum atomic E-state index is 10.3. The second-order valence-corrected chi connectivity index (χ2v) is 7.79. The van der Waals surface area contributed by atoms with E-state index < -0.39 is 37.1 Å². The maximum Gasteiger partial charge on any atom is 0.113 e. The fraction of sp³-hybridized carbons (Fsp3) is 0.500. The Morgan fingerprint density at radius 3 is 2.39 bits per heavy atom. The van der Waals surface area contributed by atoms with E-state index in [1.807, 2.05) is 26.0 Å². The van der Waals surface area contributed by atoms with Crippen LogP contribution in [0.5, 0.6) is 0 Å². The summed E-state index contributed by atoms with van der Waals surface area (Å²) in [5.74, 6) is 0.291. The Labute approximate surface area is 168 Å². The molecule has 0 bridgehead atoms. The highest BCUT2D eigenvalue weighted by molar-refractivity contribution is 6.31. The molecule has 2 aromatic rings. The summed E-state index contributed by atoms with van der Waals surface area (Å²) in [6, 6.07) is 8.98. The van der Waals surface area contributed by atoms with Gasteiger partial charge in [-0.2, -0.15) is 10.2 Å². The van der Waals surface area contributed by atoms with Gasteiger partial charge in [-0.05, 0) is 35.2 Å². The lowest BCUT2D eigenvalue weighted by Crippen LogP contribution is -2.55. The standard InChI is InChI=1S/C20H25ClN2O5/c1-10(2)15-6-4-13(22-23-15)8-12-7-11(3-5-14(12)21)20-19(27)18(26)17(25)16(9-24)28-20/h3-7,10,16-20,24-27H,8-9H2,1-2H3/t16-,17-,18+,19-,20+/m1/s1. The van der Waals surface area contributed by atoms with Crippen molar-refractivity contribution in [3.63, 3.8) is 0 Å². The zero-order chi connectivity index (χ0) is 20.4. The van der Waals surface area contributed by atoms with Gasteiger partial charge < -0.3 is 25.2 Å². The predicted octanol–water partition coefficient (Wildman–Crippen LogP) is 1.36. The summed E-state index contributed by atoms with van der Waals surface area (Å²) < 4.78 is 5.62. The molecule has 8 heteroatoms.